The van der Waals surface area contributed by atoms with Crippen LogP contribution in [0.3, 0.4) is 0 Å². The van der Waals surface area contributed by atoms with Crippen LogP contribution in [0, 0.1) is 0 Å². The third kappa shape index (κ3) is 3.70. The minimum absolute atomic E-state index is 0.0640. The number of nitrogens with zero attached hydrogens (tertiary/aromatic N) is 7. The minimum Gasteiger partial charge on any atom is -0.297 e. The van der Waals surface area contributed by atoms with Crippen LogP contribution in [0.1, 0.15) is 12.8 Å². The Balaban J connectivity index is 1.48. The summed E-state index contributed by atoms with van der Waals surface area (Å²) in [6.07, 6.45) is 8.96. The molecular weight excluding hydrogens is 330 g/mol. The predicted molar refractivity (Wildman–Crippen MR) is 96.3 cm³/mol. The smallest absolute Gasteiger partial charge is 0.266 e. The average molecular weight is 351 g/mol. The van der Waals surface area contributed by atoms with E-state index in [9.17, 15) is 4.79 Å². The Morgan fingerprint density at radius 2 is 1.96 bits per heavy atom. The van der Waals surface area contributed by atoms with Crippen molar-refractivity contribution in [3.8, 4) is 11.3 Å². The minimum atomic E-state index is -0.0640. The second-order valence-corrected chi connectivity index (χ2v) is 6.47. The molecule has 134 valence electrons. The first-order valence-corrected chi connectivity index (χ1v) is 8.84. The zero-order valence-corrected chi connectivity index (χ0v) is 14.5. The second-order valence-electron chi connectivity index (χ2n) is 6.47. The van der Waals surface area contributed by atoms with Gasteiger partial charge in [0.05, 0.1) is 18.8 Å². The van der Waals surface area contributed by atoms with Crippen LogP contribution in [0.5, 0.6) is 0 Å². The molecule has 3 aromatic heterocycles. The summed E-state index contributed by atoms with van der Waals surface area (Å²) >= 11 is 0. The summed E-state index contributed by atoms with van der Waals surface area (Å²) < 4.78 is 3.43. The van der Waals surface area contributed by atoms with E-state index in [1.54, 1.807) is 41.9 Å². The van der Waals surface area contributed by atoms with Gasteiger partial charge in [-0.1, -0.05) is 0 Å². The Kier molecular flexibility index (Phi) is 4.83. The number of likely N-dealkylation sites (tertiary alicyclic amines) is 1. The van der Waals surface area contributed by atoms with Crippen molar-refractivity contribution in [2.45, 2.75) is 32.0 Å². The zero-order valence-electron chi connectivity index (χ0n) is 14.5. The van der Waals surface area contributed by atoms with Gasteiger partial charge in [0.2, 0.25) is 0 Å². The molecule has 26 heavy (non-hydrogen) atoms. The summed E-state index contributed by atoms with van der Waals surface area (Å²) in [5.41, 5.74) is 1.69. The van der Waals surface area contributed by atoms with Crippen molar-refractivity contribution >= 4 is 0 Å². The van der Waals surface area contributed by atoms with Gasteiger partial charge in [0.15, 0.2) is 0 Å². The van der Waals surface area contributed by atoms with Crippen LogP contribution in [-0.4, -0.2) is 53.6 Å². The molecule has 0 N–H and O–H groups in total. The first kappa shape index (κ1) is 16.6. The lowest BCUT2D eigenvalue weighted by atomic mass is 10.2. The van der Waals surface area contributed by atoms with E-state index in [0.29, 0.717) is 12.6 Å². The van der Waals surface area contributed by atoms with Crippen LogP contribution in [0.2, 0.25) is 0 Å². The predicted octanol–water partition coefficient (Wildman–Crippen LogP) is 1.06. The largest absolute Gasteiger partial charge is 0.297 e. The molecule has 8 nitrogen and oxygen atoms in total. The average Bonchev–Trinajstić information content (AvgIpc) is 3.34. The van der Waals surface area contributed by atoms with Gasteiger partial charge in [-0.3, -0.25) is 19.4 Å². The quantitative estimate of drug-likeness (QED) is 0.660. The highest BCUT2D eigenvalue weighted by molar-refractivity contribution is 5.56. The molecular formula is C18H21N7O. The van der Waals surface area contributed by atoms with Crippen LogP contribution >= 0.6 is 0 Å². The molecule has 0 spiro atoms. The van der Waals surface area contributed by atoms with E-state index in [-0.39, 0.29) is 5.56 Å². The van der Waals surface area contributed by atoms with Gasteiger partial charge >= 0.3 is 0 Å². The van der Waals surface area contributed by atoms with Crippen molar-refractivity contribution in [3.63, 3.8) is 0 Å². The summed E-state index contributed by atoms with van der Waals surface area (Å²) in [4.78, 5) is 22.7. The van der Waals surface area contributed by atoms with E-state index in [1.807, 2.05) is 16.8 Å². The summed E-state index contributed by atoms with van der Waals surface area (Å²) in [5.74, 6) is 0. The second kappa shape index (κ2) is 7.57. The summed E-state index contributed by atoms with van der Waals surface area (Å²) in [7, 11) is 0. The molecule has 0 bridgehead atoms. The van der Waals surface area contributed by atoms with E-state index >= 15 is 0 Å². The monoisotopic (exact) mass is 351 g/mol. The van der Waals surface area contributed by atoms with Crippen LogP contribution in [0.25, 0.3) is 11.3 Å². The molecule has 3 aromatic rings. The fraction of sp³-hybridized carbons (Fsp3) is 0.389. The van der Waals surface area contributed by atoms with Crippen molar-refractivity contribution in [1.29, 1.82) is 0 Å². The number of rotatable bonds is 6. The molecule has 0 radical (unpaired) electrons. The van der Waals surface area contributed by atoms with Gasteiger partial charge in [-0.2, -0.15) is 10.2 Å². The van der Waals surface area contributed by atoms with E-state index in [2.05, 4.69) is 25.1 Å². The van der Waals surface area contributed by atoms with E-state index in [4.69, 9.17) is 0 Å². The van der Waals surface area contributed by atoms with Crippen molar-refractivity contribution in [1.82, 2.24) is 34.4 Å². The Labute approximate surface area is 151 Å². The number of hydrogen-bond donors (Lipinski definition) is 0. The maximum Gasteiger partial charge on any atom is 0.266 e. The molecule has 0 saturated carbocycles. The lowest BCUT2D eigenvalue weighted by Crippen LogP contribution is -2.38. The Bertz CT molecular complexity index is 891. The third-order valence-electron chi connectivity index (χ3n) is 4.81. The SMILES string of the molecule is O=c1ccc(-c2ccncc2)nn1CC1CCCN1CCn1cncn1. The van der Waals surface area contributed by atoms with Crippen molar-refractivity contribution in [2.24, 2.45) is 0 Å². The summed E-state index contributed by atoms with van der Waals surface area (Å²) in [6.45, 7) is 3.34. The van der Waals surface area contributed by atoms with Crippen molar-refractivity contribution in [3.05, 3.63) is 59.7 Å². The zero-order chi connectivity index (χ0) is 17.8. The molecule has 1 aliphatic rings. The first-order valence-electron chi connectivity index (χ1n) is 8.84. The maximum absolute atomic E-state index is 12.3. The van der Waals surface area contributed by atoms with Gasteiger partial charge in [0.25, 0.3) is 5.56 Å². The normalized spacial score (nSPS) is 17.6. The van der Waals surface area contributed by atoms with Gasteiger partial charge in [0, 0.05) is 36.6 Å². The van der Waals surface area contributed by atoms with Crippen molar-refractivity contribution < 1.29 is 0 Å². The lowest BCUT2D eigenvalue weighted by Gasteiger charge is -2.24. The maximum atomic E-state index is 12.3. The Hall–Kier alpha value is -2.87. The molecule has 0 aliphatic carbocycles. The molecule has 1 unspecified atom stereocenters. The number of pyridine rings is 1. The highest BCUT2D eigenvalue weighted by atomic mass is 16.1. The molecule has 0 aromatic carbocycles. The molecule has 4 heterocycles. The fourth-order valence-corrected chi connectivity index (χ4v) is 3.43. The van der Waals surface area contributed by atoms with Gasteiger partial charge in [-0.25, -0.2) is 9.67 Å². The van der Waals surface area contributed by atoms with Crippen LogP contribution in [-0.2, 0) is 13.1 Å². The number of hydrogen-bond acceptors (Lipinski definition) is 6. The Morgan fingerprint density at radius 1 is 1.08 bits per heavy atom. The topological polar surface area (TPSA) is 81.7 Å². The van der Waals surface area contributed by atoms with Crippen LogP contribution in [0.4, 0.5) is 0 Å². The number of aromatic nitrogens is 6. The van der Waals surface area contributed by atoms with Gasteiger partial charge < -0.3 is 0 Å². The molecule has 1 atom stereocenters. The standard InChI is InChI=1S/C18H21N7O/c26-18-4-3-17(15-5-7-19-8-6-15)22-25(18)12-16-2-1-9-23(16)10-11-24-14-20-13-21-24/h3-8,13-14,16H,1-2,9-12H2. The van der Waals surface area contributed by atoms with Gasteiger partial charge in [-0.15, -0.1) is 0 Å². The van der Waals surface area contributed by atoms with Crippen molar-refractivity contribution in [2.75, 3.05) is 13.1 Å². The summed E-state index contributed by atoms with van der Waals surface area (Å²) in [6, 6.07) is 7.48. The molecule has 4 rings (SSSR count). The van der Waals surface area contributed by atoms with E-state index in [1.165, 1.54) is 0 Å². The van der Waals surface area contributed by atoms with E-state index in [0.717, 1.165) is 43.7 Å². The van der Waals surface area contributed by atoms with Crippen LogP contribution in [0.15, 0.2) is 54.1 Å². The molecule has 1 saturated heterocycles. The molecule has 1 fully saturated rings. The molecule has 1 aliphatic heterocycles. The van der Waals surface area contributed by atoms with E-state index < -0.39 is 0 Å². The first-order chi connectivity index (χ1) is 12.8. The lowest BCUT2D eigenvalue weighted by molar-refractivity contribution is 0.214. The Morgan fingerprint density at radius 3 is 2.77 bits per heavy atom. The molecule has 8 heteroatoms. The molecule has 0 amide bonds. The highest BCUT2D eigenvalue weighted by Crippen LogP contribution is 2.19. The summed E-state index contributed by atoms with van der Waals surface area (Å²) in [5, 5.41) is 8.72. The van der Waals surface area contributed by atoms with Gasteiger partial charge in [-0.05, 0) is 37.6 Å². The van der Waals surface area contributed by atoms with Gasteiger partial charge in [0.1, 0.15) is 12.7 Å². The highest BCUT2D eigenvalue weighted by Gasteiger charge is 2.25. The third-order valence-corrected chi connectivity index (χ3v) is 4.81. The van der Waals surface area contributed by atoms with Crippen LogP contribution < -0.4 is 5.56 Å². The fourth-order valence-electron chi connectivity index (χ4n) is 3.43.